The van der Waals surface area contributed by atoms with Crippen molar-refractivity contribution in [3.8, 4) is 23.4 Å². The number of aromatic nitrogens is 5. The number of nitriles is 1. The molecule has 2 N–H and O–H groups in total. The van der Waals surface area contributed by atoms with Gasteiger partial charge in [0.05, 0.1) is 31.5 Å². The molecule has 2 aromatic heterocycles. The molecule has 154 valence electrons. The molecule has 0 bridgehead atoms. The fourth-order valence-corrected chi connectivity index (χ4v) is 3.55. The highest BCUT2D eigenvalue weighted by Gasteiger charge is 2.18. The summed E-state index contributed by atoms with van der Waals surface area (Å²) in [5.74, 6) is -0.0364. The lowest BCUT2D eigenvalue weighted by molar-refractivity contribution is 0.461. The SMILES string of the molecule is N#Cc1nn(-c2cc(Cl)c(Oc3n[nH]c(=O)c4c(Cl)cccc34)c(Cl)c2)c(=O)[nH]c1=O. The standard InChI is InChI=1S/C18H7Cl3N6O4/c19-9-3-1-2-8-13(9)16(29)24-25-17(8)31-14-10(20)4-7(5-11(14)21)27-18(30)23-15(28)12(6-22)26-27/h1-5H,(H,24,29)(H,23,28,30). The smallest absolute Gasteiger partial charge is 0.349 e. The summed E-state index contributed by atoms with van der Waals surface area (Å²) in [5.41, 5.74) is -2.77. The van der Waals surface area contributed by atoms with E-state index in [9.17, 15) is 14.4 Å². The Kier molecular flexibility index (Phi) is 5.24. The van der Waals surface area contributed by atoms with E-state index in [1.54, 1.807) is 24.3 Å². The molecule has 31 heavy (non-hydrogen) atoms. The number of benzene rings is 2. The third-order valence-electron chi connectivity index (χ3n) is 4.09. The van der Waals surface area contributed by atoms with Crippen LogP contribution in [0.2, 0.25) is 15.1 Å². The second-order valence-electron chi connectivity index (χ2n) is 5.99. The molecular weight excluding hydrogens is 471 g/mol. The molecule has 0 saturated carbocycles. The van der Waals surface area contributed by atoms with E-state index in [2.05, 4.69) is 15.3 Å². The third-order valence-corrected chi connectivity index (χ3v) is 4.97. The van der Waals surface area contributed by atoms with Crippen LogP contribution in [0.3, 0.4) is 0 Å². The topological polar surface area (TPSA) is 147 Å². The zero-order valence-corrected chi connectivity index (χ0v) is 17.2. The Balaban J connectivity index is 1.83. The summed E-state index contributed by atoms with van der Waals surface area (Å²) in [6.07, 6.45) is 0. The Bertz CT molecular complexity index is 1560. The monoisotopic (exact) mass is 476 g/mol. The summed E-state index contributed by atoms with van der Waals surface area (Å²) in [6, 6.07) is 8.90. The summed E-state index contributed by atoms with van der Waals surface area (Å²) in [5, 5.41) is 19.4. The number of H-pyrrole nitrogens is 2. The predicted molar refractivity (Wildman–Crippen MR) is 113 cm³/mol. The first-order valence-corrected chi connectivity index (χ1v) is 9.41. The Morgan fingerprint density at radius 1 is 1.03 bits per heavy atom. The molecule has 0 fully saturated rings. The molecule has 10 nitrogen and oxygen atoms in total. The third kappa shape index (κ3) is 3.66. The van der Waals surface area contributed by atoms with Crippen LogP contribution in [0, 0.1) is 11.3 Å². The molecule has 0 saturated heterocycles. The second kappa shape index (κ2) is 7.88. The molecule has 0 atom stereocenters. The molecule has 2 heterocycles. The van der Waals surface area contributed by atoms with Crippen LogP contribution in [0.4, 0.5) is 0 Å². The average Bonchev–Trinajstić information content (AvgIpc) is 2.72. The minimum Gasteiger partial charge on any atom is -0.434 e. The van der Waals surface area contributed by atoms with Gasteiger partial charge in [-0.2, -0.15) is 9.94 Å². The first-order chi connectivity index (χ1) is 14.8. The minimum atomic E-state index is -0.921. The van der Waals surface area contributed by atoms with E-state index >= 15 is 0 Å². The maximum Gasteiger partial charge on any atom is 0.349 e. The molecule has 4 aromatic rings. The van der Waals surface area contributed by atoms with Gasteiger partial charge >= 0.3 is 5.69 Å². The number of halogens is 3. The van der Waals surface area contributed by atoms with Crippen molar-refractivity contribution in [2.45, 2.75) is 0 Å². The van der Waals surface area contributed by atoms with Gasteiger partial charge in [0.2, 0.25) is 11.6 Å². The van der Waals surface area contributed by atoms with Crippen molar-refractivity contribution in [2.24, 2.45) is 0 Å². The van der Waals surface area contributed by atoms with Crippen molar-refractivity contribution >= 4 is 45.6 Å². The van der Waals surface area contributed by atoms with Crippen molar-refractivity contribution in [2.75, 3.05) is 0 Å². The van der Waals surface area contributed by atoms with Crippen LogP contribution < -0.4 is 21.5 Å². The minimum absolute atomic E-state index is 0.0141. The Morgan fingerprint density at radius 3 is 2.42 bits per heavy atom. The molecule has 0 aliphatic rings. The van der Waals surface area contributed by atoms with Gasteiger partial charge in [-0.1, -0.05) is 40.9 Å². The van der Waals surface area contributed by atoms with Crippen LogP contribution in [0.1, 0.15) is 5.69 Å². The van der Waals surface area contributed by atoms with Crippen molar-refractivity contribution in [1.82, 2.24) is 25.0 Å². The largest absolute Gasteiger partial charge is 0.434 e. The highest BCUT2D eigenvalue weighted by molar-refractivity contribution is 6.37. The average molecular weight is 478 g/mol. The first kappa shape index (κ1) is 20.6. The highest BCUT2D eigenvalue weighted by Crippen LogP contribution is 2.39. The number of nitrogens with zero attached hydrogens (tertiary/aromatic N) is 4. The van der Waals surface area contributed by atoms with Gasteiger partial charge in [-0.05, 0) is 24.3 Å². The molecule has 0 radical (unpaired) electrons. The normalized spacial score (nSPS) is 10.8. The van der Waals surface area contributed by atoms with Gasteiger partial charge in [-0.25, -0.2) is 9.89 Å². The van der Waals surface area contributed by atoms with Gasteiger partial charge in [0.15, 0.2) is 5.75 Å². The molecule has 0 amide bonds. The van der Waals surface area contributed by atoms with Gasteiger partial charge in [-0.3, -0.25) is 14.6 Å². The maximum atomic E-state index is 12.1. The Hall–Kier alpha value is -3.65. The van der Waals surface area contributed by atoms with Crippen molar-refractivity contribution in [3.05, 3.63) is 82.3 Å². The number of ether oxygens (including phenoxy) is 1. The van der Waals surface area contributed by atoms with Crippen LogP contribution in [-0.4, -0.2) is 25.0 Å². The summed E-state index contributed by atoms with van der Waals surface area (Å²) in [6.45, 7) is 0. The van der Waals surface area contributed by atoms with E-state index < -0.39 is 22.5 Å². The number of fused-ring (bicyclic) bond motifs is 1. The molecule has 0 unspecified atom stereocenters. The van der Waals surface area contributed by atoms with Crippen LogP contribution in [0.15, 0.2) is 44.7 Å². The molecule has 0 spiro atoms. The van der Waals surface area contributed by atoms with Gasteiger partial charge in [-0.15, -0.1) is 10.2 Å². The molecule has 0 aliphatic carbocycles. The summed E-state index contributed by atoms with van der Waals surface area (Å²) < 4.78 is 6.49. The zero-order chi connectivity index (χ0) is 22.3. The molecule has 4 rings (SSSR count). The van der Waals surface area contributed by atoms with Gasteiger partial charge in [0.25, 0.3) is 11.1 Å². The van der Waals surface area contributed by atoms with Crippen molar-refractivity contribution in [3.63, 3.8) is 0 Å². The van der Waals surface area contributed by atoms with Crippen LogP contribution in [0.25, 0.3) is 16.5 Å². The van der Waals surface area contributed by atoms with E-state index in [0.29, 0.717) is 5.39 Å². The lowest BCUT2D eigenvalue weighted by Crippen LogP contribution is -2.33. The molecule has 0 aliphatic heterocycles. The van der Waals surface area contributed by atoms with E-state index in [0.717, 1.165) is 4.68 Å². The lowest BCUT2D eigenvalue weighted by atomic mass is 10.2. The lowest BCUT2D eigenvalue weighted by Gasteiger charge is -2.12. The van der Waals surface area contributed by atoms with Crippen molar-refractivity contribution in [1.29, 1.82) is 5.26 Å². The van der Waals surface area contributed by atoms with Gasteiger partial charge in [0.1, 0.15) is 6.07 Å². The highest BCUT2D eigenvalue weighted by atomic mass is 35.5. The zero-order valence-electron chi connectivity index (χ0n) is 14.9. The Morgan fingerprint density at radius 2 is 1.74 bits per heavy atom. The fourth-order valence-electron chi connectivity index (χ4n) is 2.74. The van der Waals surface area contributed by atoms with E-state index in [1.165, 1.54) is 12.1 Å². The van der Waals surface area contributed by atoms with Crippen LogP contribution >= 0.6 is 34.8 Å². The molecule has 2 aromatic carbocycles. The number of hydrogen-bond acceptors (Lipinski definition) is 7. The van der Waals surface area contributed by atoms with Gasteiger partial charge < -0.3 is 4.74 Å². The summed E-state index contributed by atoms with van der Waals surface area (Å²) in [7, 11) is 0. The Labute approximate surface area is 186 Å². The number of rotatable bonds is 3. The van der Waals surface area contributed by atoms with Crippen molar-refractivity contribution < 1.29 is 4.74 Å². The summed E-state index contributed by atoms with van der Waals surface area (Å²) in [4.78, 5) is 37.6. The summed E-state index contributed by atoms with van der Waals surface area (Å²) >= 11 is 18.7. The van der Waals surface area contributed by atoms with Crippen LogP contribution in [0.5, 0.6) is 11.6 Å². The quantitative estimate of drug-likeness (QED) is 0.461. The fraction of sp³-hybridized carbons (Fsp3) is 0. The second-order valence-corrected chi connectivity index (χ2v) is 7.21. The number of hydrogen-bond donors (Lipinski definition) is 2. The predicted octanol–water partition coefficient (Wildman–Crippen LogP) is 2.78. The number of aromatic amines is 2. The molecular formula is C18H7Cl3N6O4. The number of nitrogens with one attached hydrogen (secondary N) is 2. The van der Waals surface area contributed by atoms with Gasteiger partial charge in [0, 0.05) is 0 Å². The maximum absolute atomic E-state index is 12.1. The van der Waals surface area contributed by atoms with E-state index in [-0.39, 0.29) is 37.8 Å². The molecule has 13 heteroatoms. The van der Waals surface area contributed by atoms with E-state index in [1.807, 2.05) is 4.98 Å². The van der Waals surface area contributed by atoms with E-state index in [4.69, 9.17) is 44.8 Å². The first-order valence-electron chi connectivity index (χ1n) is 8.28. The van der Waals surface area contributed by atoms with Crippen LogP contribution in [-0.2, 0) is 0 Å².